The van der Waals surface area contributed by atoms with E-state index in [1.807, 2.05) is 37.3 Å². The Hall–Kier alpha value is -3.42. The normalized spacial score (nSPS) is 11.3. The summed E-state index contributed by atoms with van der Waals surface area (Å²) in [6, 6.07) is 10.4. The van der Waals surface area contributed by atoms with Crippen molar-refractivity contribution >= 4 is 29.3 Å². The highest BCUT2D eigenvalue weighted by Crippen LogP contribution is 2.17. The van der Waals surface area contributed by atoms with Gasteiger partial charge >= 0.3 is 6.03 Å². The third-order valence-electron chi connectivity index (χ3n) is 3.89. The largest absolute Gasteiger partial charge is 0.398 e. The van der Waals surface area contributed by atoms with Gasteiger partial charge in [-0.1, -0.05) is 30.3 Å². The van der Waals surface area contributed by atoms with Gasteiger partial charge in [-0.05, 0) is 12.5 Å². The monoisotopic (exact) mass is 360 g/mol. The van der Waals surface area contributed by atoms with Crippen LogP contribution in [0, 0.1) is 5.41 Å². The molecule has 2 rings (SSSR count). The van der Waals surface area contributed by atoms with Gasteiger partial charge in [0.25, 0.3) is 0 Å². The Labute approximate surface area is 156 Å². The van der Waals surface area contributed by atoms with E-state index < -0.39 is 6.03 Å². The minimum atomic E-state index is -0.420. The Morgan fingerprint density at radius 1 is 1.31 bits per heavy atom. The van der Waals surface area contributed by atoms with Crippen LogP contribution < -0.4 is 16.4 Å². The second kappa shape index (κ2) is 8.11. The molecular formula is C18H28N6O2. The number of aromatic nitrogens is 1. The first kappa shape index (κ1) is 18.9. The average molecular weight is 360 g/mol. The van der Waals surface area contributed by atoms with Crippen LogP contribution in [0.4, 0.5) is 16.3 Å². The molecule has 0 unspecified atom stereocenters. The summed E-state index contributed by atoms with van der Waals surface area (Å²) in [7, 11) is 1.48. The van der Waals surface area contributed by atoms with E-state index >= 15 is 0 Å². The number of hydrogen-bond acceptors (Lipinski definition) is 5. The summed E-state index contributed by atoms with van der Waals surface area (Å²) in [5.74, 6) is -0.0932. The van der Waals surface area contributed by atoms with Crippen molar-refractivity contribution in [1.82, 2.24) is 15.2 Å². The summed E-state index contributed by atoms with van der Waals surface area (Å²) in [5.41, 5.74) is 7.47. The maximum Gasteiger partial charge on any atom is 0.320 e. The highest BCUT2D eigenvalue weighted by molar-refractivity contribution is 6.08. The summed E-state index contributed by atoms with van der Waals surface area (Å²) >= 11 is 0. The van der Waals surface area contributed by atoms with Gasteiger partial charge in [0.15, 0.2) is 0 Å². The number of amidine groups is 1. The first-order chi connectivity index (χ1) is 12.3. The van der Waals surface area contributed by atoms with Crippen molar-refractivity contribution < 1.29 is 13.9 Å². The van der Waals surface area contributed by atoms with Crippen LogP contribution in [-0.4, -0.2) is 34.7 Å². The topological polar surface area (TPSA) is 124 Å². The highest BCUT2D eigenvalue weighted by Gasteiger charge is 2.16. The van der Waals surface area contributed by atoms with Gasteiger partial charge in [-0.25, -0.2) is 9.78 Å². The Kier molecular flexibility index (Phi) is 5.90. The van der Waals surface area contributed by atoms with E-state index in [1.165, 1.54) is 26.2 Å². The number of urea groups is 1. The maximum absolute atomic E-state index is 12.1. The molecule has 1 aromatic carbocycles. The Morgan fingerprint density at radius 2 is 1.96 bits per heavy atom. The molecule has 8 nitrogen and oxygen atoms in total. The van der Waals surface area contributed by atoms with Crippen molar-refractivity contribution in [3.05, 3.63) is 53.7 Å². The fourth-order valence-electron chi connectivity index (χ4n) is 2.25. The number of nitrogens with one attached hydrogen (secondary N) is 3. The van der Waals surface area contributed by atoms with Crippen molar-refractivity contribution in [2.24, 2.45) is 0 Å². The second-order valence-electron chi connectivity index (χ2n) is 5.81. The molecule has 0 bridgehead atoms. The third-order valence-corrected chi connectivity index (χ3v) is 3.89. The van der Waals surface area contributed by atoms with Crippen molar-refractivity contribution in [2.75, 3.05) is 18.1 Å². The van der Waals surface area contributed by atoms with E-state index in [2.05, 4.69) is 15.6 Å². The summed E-state index contributed by atoms with van der Waals surface area (Å²) in [6.45, 7) is 3.23. The van der Waals surface area contributed by atoms with Gasteiger partial charge in [-0.15, -0.1) is 0 Å². The Bertz CT molecular complexity index is 836. The standard InChI is InChI=1S/C18H22N6O2.3H2/c1-11(13-7-5-4-6-8-13)22-18(26)23-16-9-15(19)14(10-21-16)17(20)24(3)12(2)25;;;/h4-11,20H,1-3H3,(H4,19,21,22,23,26);3*1H/t11-;;;/m1.../s1. The lowest BCUT2D eigenvalue weighted by Gasteiger charge is -2.18. The van der Waals surface area contributed by atoms with Crippen LogP contribution in [0.5, 0.6) is 0 Å². The minimum absolute atomic E-state index is 0. The molecular weight excluding hydrogens is 332 g/mol. The molecule has 2 aromatic rings. The predicted molar refractivity (Wildman–Crippen MR) is 107 cm³/mol. The fourth-order valence-corrected chi connectivity index (χ4v) is 2.25. The van der Waals surface area contributed by atoms with Crippen molar-refractivity contribution in [3.63, 3.8) is 0 Å². The molecule has 0 fully saturated rings. The zero-order valence-electron chi connectivity index (χ0n) is 14.9. The van der Waals surface area contributed by atoms with Gasteiger partial charge < -0.3 is 16.0 Å². The number of anilines is 2. The zero-order valence-corrected chi connectivity index (χ0v) is 14.9. The SMILES string of the molecule is CC(=O)N(C)C(=N)c1cnc(NC(=O)N[C@H](C)c2ccccc2)cc1N.[HH].[HH].[HH]. The molecule has 3 amide bonds. The predicted octanol–water partition coefficient (Wildman–Crippen LogP) is 3.09. The number of pyridine rings is 1. The van der Waals surface area contributed by atoms with Gasteiger partial charge in [0.1, 0.15) is 11.7 Å². The number of nitrogens with zero attached hydrogens (tertiary/aromatic N) is 2. The highest BCUT2D eigenvalue weighted by atomic mass is 16.2. The van der Waals surface area contributed by atoms with Gasteiger partial charge in [0, 0.05) is 36.2 Å². The summed E-state index contributed by atoms with van der Waals surface area (Å²) < 4.78 is 0. The van der Waals surface area contributed by atoms with Crippen molar-refractivity contribution in [3.8, 4) is 0 Å². The Morgan fingerprint density at radius 3 is 2.54 bits per heavy atom. The second-order valence-corrected chi connectivity index (χ2v) is 5.81. The minimum Gasteiger partial charge on any atom is -0.398 e. The molecule has 0 aliphatic heterocycles. The third kappa shape index (κ3) is 4.56. The van der Waals surface area contributed by atoms with Gasteiger partial charge in [-0.2, -0.15) is 0 Å². The van der Waals surface area contributed by atoms with E-state index in [9.17, 15) is 9.59 Å². The maximum atomic E-state index is 12.1. The van der Waals surface area contributed by atoms with Crippen LogP contribution in [0.1, 0.15) is 35.3 Å². The molecule has 26 heavy (non-hydrogen) atoms. The first-order valence-electron chi connectivity index (χ1n) is 8.00. The van der Waals surface area contributed by atoms with Crippen LogP contribution in [0.15, 0.2) is 42.6 Å². The lowest BCUT2D eigenvalue weighted by molar-refractivity contribution is -0.124. The summed E-state index contributed by atoms with van der Waals surface area (Å²) in [5, 5.41) is 13.4. The van der Waals surface area contributed by atoms with Crippen LogP contribution in [0.2, 0.25) is 0 Å². The molecule has 0 aliphatic rings. The van der Waals surface area contributed by atoms with Gasteiger partial charge in [-0.3, -0.25) is 15.5 Å². The molecule has 1 aromatic heterocycles. The smallest absolute Gasteiger partial charge is 0.320 e. The number of nitrogens with two attached hydrogens (primary N) is 1. The molecule has 0 aliphatic carbocycles. The van der Waals surface area contributed by atoms with Crippen molar-refractivity contribution in [2.45, 2.75) is 19.9 Å². The van der Waals surface area contributed by atoms with E-state index in [1.54, 1.807) is 0 Å². The number of hydrogen-bond donors (Lipinski definition) is 4. The molecule has 142 valence electrons. The van der Waals surface area contributed by atoms with E-state index in [0.717, 1.165) is 10.5 Å². The first-order valence-corrected chi connectivity index (χ1v) is 8.00. The van der Waals surface area contributed by atoms with E-state index in [0.29, 0.717) is 5.56 Å². The van der Waals surface area contributed by atoms with E-state index in [4.69, 9.17) is 11.1 Å². The fraction of sp³-hybridized carbons (Fsp3) is 0.222. The van der Waals surface area contributed by atoms with Crippen LogP contribution in [0.25, 0.3) is 0 Å². The molecule has 0 saturated carbocycles. The zero-order chi connectivity index (χ0) is 19.3. The number of benzene rings is 1. The number of carbonyl (C=O) groups is 2. The number of rotatable bonds is 4. The van der Waals surface area contributed by atoms with Crippen LogP contribution in [-0.2, 0) is 4.79 Å². The van der Waals surface area contributed by atoms with Gasteiger partial charge in [0.2, 0.25) is 5.91 Å². The lowest BCUT2D eigenvalue weighted by atomic mass is 10.1. The number of nitrogen functional groups attached to an aromatic ring is 1. The van der Waals surface area contributed by atoms with Crippen LogP contribution >= 0.6 is 0 Å². The molecule has 1 atom stereocenters. The molecule has 0 radical (unpaired) electrons. The quantitative estimate of drug-likeness (QED) is 0.494. The van der Waals surface area contributed by atoms with Gasteiger partial charge in [0.05, 0.1) is 11.6 Å². The summed E-state index contributed by atoms with van der Waals surface area (Å²) in [4.78, 5) is 28.7. The molecule has 8 heteroatoms. The number of carbonyl (C=O) groups excluding carboxylic acids is 2. The molecule has 1 heterocycles. The molecule has 0 spiro atoms. The lowest BCUT2D eigenvalue weighted by Crippen LogP contribution is -2.32. The average Bonchev–Trinajstić information content (AvgIpc) is 2.61. The van der Waals surface area contributed by atoms with E-state index in [-0.39, 0.29) is 33.6 Å². The summed E-state index contributed by atoms with van der Waals surface area (Å²) in [6.07, 6.45) is 1.35. The molecule has 5 N–H and O–H groups in total. The van der Waals surface area contributed by atoms with Crippen molar-refractivity contribution in [1.29, 1.82) is 5.41 Å². The van der Waals surface area contributed by atoms with Crippen LogP contribution in [0.3, 0.4) is 0 Å². The molecule has 0 saturated heterocycles. The number of amides is 3. The Balaban J connectivity index is 0.